The second-order valence-electron chi connectivity index (χ2n) is 9.53. The van der Waals surface area contributed by atoms with Crippen molar-refractivity contribution in [2.24, 2.45) is 0 Å². The van der Waals surface area contributed by atoms with Crippen molar-refractivity contribution in [3.63, 3.8) is 0 Å². The molecule has 0 radical (unpaired) electrons. The van der Waals surface area contributed by atoms with Crippen LogP contribution >= 0.6 is 11.6 Å². The number of halogens is 4. The van der Waals surface area contributed by atoms with Gasteiger partial charge in [0.25, 0.3) is 0 Å². The molecule has 0 saturated heterocycles. The van der Waals surface area contributed by atoms with Gasteiger partial charge in [-0.05, 0) is 36.9 Å². The highest BCUT2D eigenvalue weighted by atomic mass is 35.5. The van der Waals surface area contributed by atoms with E-state index in [-0.39, 0.29) is 46.0 Å². The first-order chi connectivity index (χ1) is 21.1. The van der Waals surface area contributed by atoms with E-state index in [1.54, 1.807) is 19.1 Å². The smallest absolute Gasteiger partial charge is 0.425 e. The van der Waals surface area contributed by atoms with Gasteiger partial charge in [-0.1, -0.05) is 41.9 Å². The molecule has 230 valence electrons. The molecule has 0 fully saturated rings. The Balaban J connectivity index is 1.58. The average molecular weight is 630 g/mol. The van der Waals surface area contributed by atoms with Crippen molar-refractivity contribution < 1.29 is 32.1 Å². The van der Waals surface area contributed by atoms with Gasteiger partial charge in [0.2, 0.25) is 11.8 Å². The number of hydrogen-bond donors (Lipinski definition) is 0. The van der Waals surface area contributed by atoms with Crippen molar-refractivity contribution in [2.75, 3.05) is 7.11 Å². The Bertz CT molecular complexity index is 1830. The predicted octanol–water partition coefficient (Wildman–Crippen LogP) is 6.50. The Labute approximate surface area is 254 Å². The Kier molecular flexibility index (Phi) is 9.06. The lowest BCUT2D eigenvalue weighted by atomic mass is 10.1. The first-order valence-corrected chi connectivity index (χ1v) is 13.8. The summed E-state index contributed by atoms with van der Waals surface area (Å²) in [4.78, 5) is 21.6. The number of pyridine rings is 2. The van der Waals surface area contributed by atoms with E-state index in [0.29, 0.717) is 24.4 Å². The SMILES string of the molecule is CCn1c(COCc2ccccc2)nn(-c2cc(O[C@@H](C)C(F)(F)F)c3c(Oc4ccnc(OC)c4Cl)nccc3c2)c1=O. The summed E-state index contributed by atoms with van der Waals surface area (Å²) in [5.74, 6) is 0.218. The number of benzene rings is 2. The van der Waals surface area contributed by atoms with Crippen LogP contribution in [0.15, 0.2) is 71.8 Å². The van der Waals surface area contributed by atoms with Gasteiger partial charge in [-0.25, -0.2) is 14.8 Å². The first kappa shape index (κ1) is 30.8. The zero-order valence-corrected chi connectivity index (χ0v) is 24.6. The molecule has 0 amide bonds. The molecule has 2 aromatic carbocycles. The molecule has 5 rings (SSSR count). The van der Waals surface area contributed by atoms with E-state index in [2.05, 4.69) is 15.1 Å². The molecule has 0 aliphatic heterocycles. The second kappa shape index (κ2) is 12.9. The molecule has 14 heteroatoms. The van der Waals surface area contributed by atoms with Crippen molar-refractivity contribution in [3.05, 3.63) is 93.9 Å². The molecule has 10 nitrogen and oxygen atoms in total. The van der Waals surface area contributed by atoms with Crippen LogP contribution in [-0.2, 0) is 24.5 Å². The third-order valence-electron chi connectivity index (χ3n) is 6.61. The molecule has 1 atom stereocenters. The number of aromatic nitrogens is 5. The lowest BCUT2D eigenvalue weighted by Gasteiger charge is -2.20. The number of rotatable bonds is 11. The van der Waals surface area contributed by atoms with Crippen LogP contribution in [-0.4, -0.2) is 43.7 Å². The Morgan fingerprint density at radius 2 is 1.70 bits per heavy atom. The summed E-state index contributed by atoms with van der Waals surface area (Å²) in [5, 5.41) is 4.98. The normalized spacial score (nSPS) is 12.3. The zero-order chi connectivity index (χ0) is 31.4. The van der Waals surface area contributed by atoms with Gasteiger partial charge in [-0.15, -0.1) is 5.10 Å². The van der Waals surface area contributed by atoms with E-state index >= 15 is 0 Å². The maximum atomic E-state index is 13.7. The van der Waals surface area contributed by atoms with E-state index in [9.17, 15) is 18.0 Å². The lowest BCUT2D eigenvalue weighted by molar-refractivity contribution is -0.189. The van der Waals surface area contributed by atoms with Gasteiger partial charge >= 0.3 is 11.9 Å². The summed E-state index contributed by atoms with van der Waals surface area (Å²) in [6, 6.07) is 15.4. The van der Waals surface area contributed by atoms with Crippen molar-refractivity contribution >= 4 is 22.4 Å². The minimum Gasteiger partial charge on any atom is -0.480 e. The largest absolute Gasteiger partial charge is 0.480 e. The standard InChI is InChI=1S/C30H27ClF3N5O5/c1-4-38-24(17-42-16-19-8-6-5-7-9-19)37-39(29(38)40)21-14-20-10-12-35-27(44-22-11-13-36-28(41-3)26(22)31)25(20)23(15-21)43-18(2)30(32,33)34/h5-15,18H,4,16-17H2,1-3H3/t18-/m0/s1. The fraction of sp³-hybridized carbons (Fsp3) is 0.267. The maximum Gasteiger partial charge on any atom is 0.425 e. The van der Waals surface area contributed by atoms with E-state index in [1.165, 1.54) is 36.2 Å². The monoisotopic (exact) mass is 629 g/mol. The van der Waals surface area contributed by atoms with Gasteiger partial charge < -0.3 is 18.9 Å². The number of ether oxygens (including phenoxy) is 4. The lowest BCUT2D eigenvalue weighted by Crippen LogP contribution is -2.31. The Morgan fingerprint density at radius 3 is 2.41 bits per heavy atom. The summed E-state index contributed by atoms with van der Waals surface area (Å²) in [6.45, 7) is 3.29. The molecule has 3 heterocycles. The van der Waals surface area contributed by atoms with Crippen molar-refractivity contribution in [2.45, 2.75) is 45.9 Å². The average Bonchev–Trinajstić information content (AvgIpc) is 3.32. The third kappa shape index (κ3) is 6.48. The highest BCUT2D eigenvalue weighted by Crippen LogP contribution is 2.41. The molecular formula is C30H27ClF3N5O5. The van der Waals surface area contributed by atoms with E-state index < -0.39 is 18.0 Å². The molecule has 0 unspecified atom stereocenters. The number of nitrogens with zero attached hydrogens (tertiary/aromatic N) is 5. The van der Waals surface area contributed by atoms with Gasteiger partial charge in [-0.3, -0.25) is 4.57 Å². The molecule has 44 heavy (non-hydrogen) atoms. The van der Waals surface area contributed by atoms with E-state index in [0.717, 1.165) is 17.2 Å². The van der Waals surface area contributed by atoms with Crippen LogP contribution < -0.4 is 19.9 Å². The van der Waals surface area contributed by atoms with Gasteiger partial charge in [0.1, 0.15) is 17.4 Å². The topological polar surface area (TPSA) is 103 Å². The highest BCUT2D eigenvalue weighted by Gasteiger charge is 2.38. The van der Waals surface area contributed by atoms with Gasteiger partial charge in [0, 0.05) is 31.1 Å². The van der Waals surface area contributed by atoms with Crippen LogP contribution in [0.2, 0.25) is 5.02 Å². The summed E-state index contributed by atoms with van der Waals surface area (Å²) < 4.78 is 65.8. The van der Waals surface area contributed by atoms with E-state index in [1.807, 2.05) is 30.3 Å². The molecule has 3 aromatic heterocycles. The van der Waals surface area contributed by atoms with Gasteiger partial charge in [0.15, 0.2) is 17.7 Å². The number of fused-ring (bicyclic) bond motifs is 1. The number of methoxy groups -OCH3 is 1. The number of hydrogen-bond acceptors (Lipinski definition) is 8. The molecule has 0 bridgehead atoms. The van der Waals surface area contributed by atoms with Gasteiger partial charge in [-0.2, -0.15) is 17.9 Å². The Morgan fingerprint density at radius 1 is 0.977 bits per heavy atom. The molecule has 0 N–H and O–H groups in total. The third-order valence-corrected chi connectivity index (χ3v) is 6.95. The van der Waals surface area contributed by atoms with Crippen LogP contribution in [0.4, 0.5) is 13.2 Å². The number of alkyl halides is 3. The van der Waals surface area contributed by atoms with Crippen LogP contribution in [0, 0.1) is 0 Å². The molecule has 0 aliphatic carbocycles. The first-order valence-electron chi connectivity index (χ1n) is 13.4. The Hall–Kier alpha value is -4.62. The van der Waals surface area contributed by atoms with Gasteiger partial charge in [0.05, 0.1) is 24.8 Å². The molecule has 0 spiro atoms. The van der Waals surface area contributed by atoms with Crippen LogP contribution in [0.1, 0.15) is 25.2 Å². The second-order valence-corrected chi connectivity index (χ2v) is 9.91. The molecule has 0 aliphatic rings. The minimum atomic E-state index is -4.68. The van der Waals surface area contributed by atoms with Crippen LogP contribution in [0.3, 0.4) is 0 Å². The van der Waals surface area contributed by atoms with Crippen molar-refractivity contribution in [3.8, 4) is 28.9 Å². The molecule has 5 aromatic rings. The molecule has 0 saturated carbocycles. The van der Waals surface area contributed by atoms with Crippen LogP contribution in [0.25, 0.3) is 16.5 Å². The predicted molar refractivity (Wildman–Crippen MR) is 156 cm³/mol. The highest BCUT2D eigenvalue weighted by molar-refractivity contribution is 6.33. The summed E-state index contributed by atoms with van der Waals surface area (Å²) in [6.07, 6.45) is -4.09. The van der Waals surface area contributed by atoms with Crippen molar-refractivity contribution in [1.29, 1.82) is 0 Å². The summed E-state index contributed by atoms with van der Waals surface area (Å²) in [5.41, 5.74) is 0.621. The van der Waals surface area contributed by atoms with E-state index in [4.69, 9.17) is 30.5 Å². The summed E-state index contributed by atoms with van der Waals surface area (Å²) >= 11 is 6.34. The maximum absolute atomic E-state index is 13.7. The van der Waals surface area contributed by atoms with Crippen LogP contribution in [0.5, 0.6) is 23.3 Å². The molecular weight excluding hydrogens is 603 g/mol. The quantitative estimate of drug-likeness (QED) is 0.163. The minimum absolute atomic E-state index is 0.0328. The van der Waals surface area contributed by atoms with Crippen molar-refractivity contribution in [1.82, 2.24) is 24.3 Å². The zero-order valence-electron chi connectivity index (χ0n) is 23.8. The summed E-state index contributed by atoms with van der Waals surface area (Å²) in [7, 11) is 1.38. The fourth-order valence-corrected chi connectivity index (χ4v) is 4.61. The fourth-order valence-electron chi connectivity index (χ4n) is 4.38.